The number of carbonyl (C=O) groups excluding carboxylic acids is 1. The zero-order valence-corrected chi connectivity index (χ0v) is 18.3. The van der Waals surface area contributed by atoms with Crippen LogP contribution in [0.2, 0.25) is 5.02 Å². The van der Waals surface area contributed by atoms with Crippen molar-refractivity contribution in [3.63, 3.8) is 0 Å². The summed E-state index contributed by atoms with van der Waals surface area (Å²) in [6.07, 6.45) is 7.50. The maximum atomic E-state index is 12.0. The van der Waals surface area contributed by atoms with Gasteiger partial charge in [0.25, 0.3) is 5.91 Å². The molecule has 0 aliphatic carbocycles. The second kappa shape index (κ2) is 9.23. The molecule has 2 fully saturated rings. The Kier molecular flexibility index (Phi) is 6.02. The van der Waals surface area contributed by atoms with Gasteiger partial charge in [-0.1, -0.05) is 11.6 Å². The van der Waals surface area contributed by atoms with Crippen molar-refractivity contribution in [2.45, 2.75) is 18.9 Å². The average molecular weight is 454 g/mol. The van der Waals surface area contributed by atoms with E-state index in [0.717, 1.165) is 42.9 Å². The molecule has 3 aromatic rings. The lowest BCUT2D eigenvalue weighted by Gasteiger charge is -2.26. The van der Waals surface area contributed by atoms with Crippen LogP contribution >= 0.6 is 11.6 Å². The zero-order valence-electron chi connectivity index (χ0n) is 17.5. The summed E-state index contributed by atoms with van der Waals surface area (Å²) in [7, 11) is 0. The van der Waals surface area contributed by atoms with Crippen molar-refractivity contribution in [1.29, 1.82) is 0 Å². The van der Waals surface area contributed by atoms with Crippen LogP contribution in [0.1, 0.15) is 18.9 Å². The predicted molar refractivity (Wildman–Crippen MR) is 122 cm³/mol. The number of nitrogens with one attached hydrogen (secondary N) is 2. The van der Waals surface area contributed by atoms with Crippen LogP contribution in [0, 0.1) is 0 Å². The molecule has 0 unspecified atom stereocenters. The lowest BCUT2D eigenvalue weighted by Crippen LogP contribution is -2.41. The molecule has 166 valence electrons. The monoisotopic (exact) mass is 453 g/mol. The van der Waals surface area contributed by atoms with Gasteiger partial charge in [-0.15, -0.1) is 0 Å². The van der Waals surface area contributed by atoms with E-state index in [9.17, 15) is 4.79 Å². The number of anilines is 3. The van der Waals surface area contributed by atoms with Crippen LogP contribution in [0.15, 0.2) is 42.9 Å². The number of halogens is 1. The Labute approximate surface area is 190 Å². The van der Waals surface area contributed by atoms with Gasteiger partial charge in [0.1, 0.15) is 6.61 Å². The highest BCUT2D eigenvalue weighted by molar-refractivity contribution is 6.32. The van der Waals surface area contributed by atoms with Gasteiger partial charge in [-0.3, -0.25) is 9.48 Å². The Morgan fingerprint density at radius 1 is 1.16 bits per heavy atom. The molecule has 2 aliphatic heterocycles. The Hall–Kier alpha value is -3.01. The average Bonchev–Trinajstić information content (AvgIpc) is 3.32. The molecule has 1 amide bonds. The fourth-order valence-electron chi connectivity index (χ4n) is 4.01. The van der Waals surface area contributed by atoms with Crippen LogP contribution in [0.5, 0.6) is 0 Å². The lowest BCUT2D eigenvalue weighted by molar-refractivity contribution is -0.125. The minimum atomic E-state index is -0.0346. The van der Waals surface area contributed by atoms with Gasteiger partial charge in [0.15, 0.2) is 0 Å². The highest BCUT2D eigenvalue weighted by atomic mass is 35.5. The smallest absolute Gasteiger partial charge is 0.253 e. The molecule has 0 bridgehead atoms. The van der Waals surface area contributed by atoms with E-state index in [1.165, 1.54) is 0 Å². The summed E-state index contributed by atoms with van der Waals surface area (Å²) in [4.78, 5) is 22.7. The molecule has 0 atom stereocenters. The van der Waals surface area contributed by atoms with E-state index < -0.39 is 0 Å². The molecule has 2 aliphatic rings. The molecule has 1 aromatic carbocycles. The Bertz CT molecular complexity index is 1100. The van der Waals surface area contributed by atoms with E-state index in [0.29, 0.717) is 35.9 Å². The van der Waals surface area contributed by atoms with E-state index in [2.05, 4.69) is 25.7 Å². The molecule has 0 radical (unpaired) electrons. The summed E-state index contributed by atoms with van der Waals surface area (Å²) in [5, 5.41) is 11.6. The van der Waals surface area contributed by atoms with Crippen molar-refractivity contribution in [3.8, 4) is 11.3 Å². The molecule has 5 rings (SSSR count). The number of carbonyl (C=O) groups is 1. The predicted octanol–water partition coefficient (Wildman–Crippen LogP) is 3.02. The lowest BCUT2D eigenvalue weighted by atomic mass is 10.1. The van der Waals surface area contributed by atoms with E-state index >= 15 is 0 Å². The minimum absolute atomic E-state index is 0.0346. The van der Waals surface area contributed by atoms with Crippen LogP contribution < -0.4 is 15.5 Å². The molecule has 0 saturated carbocycles. The second-order valence-corrected chi connectivity index (χ2v) is 8.26. The summed E-state index contributed by atoms with van der Waals surface area (Å²) < 4.78 is 7.20. The summed E-state index contributed by atoms with van der Waals surface area (Å²) in [5.41, 5.74) is 3.15. The molecule has 2 saturated heterocycles. The van der Waals surface area contributed by atoms with Gasteiger partial charge in [-0.05, 0) is 50.2 Å². The van der Waals surface area contributed by atoms with Crippen molar-refractivity contribution in [2.24, 2.45) is 0 Å². The maximum Gasteiger partial charge on any atom is 0.253 e. The molecule has 10 heteroatoms. The van der Waals surface area contributed by atoms with E-state index in [4.69, 9.17) is 16.3 Å². The number of hydrogen-bond acceptors (Lipinski definition) is 7. The molecule has 9 nitrogen and oxygen atoms in total. The molecule has 2 N–H and O–H groups in total. The van der Waals surface area contributed by atoms with Crippen LogP contribution in [0.4, 0.5) is 17.3 Å². The van der Waals surface area contributed by atoms with Gasteiger partial charge < -0.3 is 20.3 Å². The van der Waals surface area contributed by atoms with Crippen molar-refractivity contribution in [1.82, 2.24) is 25.1 Å². The van der Waals surface area contributed by atoms with E-state index in [1.807, 2.05) is 35.1 Å². The first-order valence-corrected chi connectivity index (χ1v) is 11.1. The van der Waals surface area contributed by atoms with Gasteiger partial charge in [-0.25, -0.2) is 9.97 Å². The summed E-state index contributed by atoms with van der Waals surface area (Å²) >= 11 is 6.40. The molecule has 32 heavy (non-hydrogen) atoms. The number of amides is 1. The second-order valence-electron chi connectivity index (χ2n) is 7.85. The number of rotatable bonds is 5. The minimum Gasteiger partial charge on any atom is -0.370 e. The molecular formula is C22H24ClN7O2. The number of aromatic nitrogens is 4. The largest absolute Gasteiger partial charge is 0.370 e. The van der Waals surface area contributed by atoms with Gasteiger partial charge >= 0.3 is 0 Å². The Balaban J connectivity index is 1.32. The molecule has 0 spiro atoms. The third kappa shape index (κ3) is 4.45. The first kappa shape index (κ1) is 20.9. The number of benzene rings is 1. The van der Waals surface area contributed by atoms with Crippen LogP contribution in [-0.2, 0) is 9.53 Å². The zero-order chi connectivity index (χ0) is 21.9. The molecule has 4 heterocycles. The van der Waals surface area contributed by atoms with Crippen molar-refractivity contribution in [3.05, 3.63) is 47.9 Å². The standard InChI is InChI=1S/C22H24ClN7O2/c23-19-12-25-22(27-16-1-3-17(4-2-16)29-9-10-32-14-20(29)31)28-21(19)15-11-26-30(13-15)18-5-7-24-8-6-18/h1-4,11-13,18,24H,5-10,14H2,(H,25,27,28). The van der Waals surface area contributed by atoms with E-state index in [1.54, 1.807) is 17.3 Å². The first-order valence-electron chi connectivity index (χ1n) is 10.7. The number of piperidine rings is 1. The third-order valence-corrected chi connectivity index (χ3v) is 6.00. The molecule has 2 aromatic heterocycles. The topological polar surface area (TPSA) is 97.2 Å². The summed E-state index contributed by atoms with van der Waals surface area (Å²) in [6.45, 7) is 3.22. The highest BCUT2D eigenvalue weighted by Crippen LogP contribution is 2.29. The van der Waals surface area contributed by atoms with Crippen molar-refractivity contribution in [2.75, 3.05) is 43.1 Å². The normalized spacial score (nSPS) is 17.5. The Morgan fingerprint density at radius 2 is 1.97 bits per heavy atom. The maximum absolute atomic E-state index is 12.0. The van der Waals surface area contributed by atoms with Crippen LogP contribution in [-0.4, -0.2) is 58.5 Å². The van der Waals surface area contributed by atoms with Crippen molar-refractivity contribution >= 4 is 34.8 Å². The number of ether oxygens (including phenoxy) is 1. The number of nitrogens with zero attached hydrogens (tertiary/aromatic N) is 5. The quantitative estimate of drug-likeness (QED) is 0.612. The summed E-state index contributed by atoms with van der Waals surface area (Å²) in [5.74, 6) is 0.405. The van der Waals surface area contributed by atoms with Crippen LogP contribution in [0.3, 0.4) is 0 Å². The van der Waals surface area contributed by atoms with Gasteiger partial charge in [0, 0.05) is 29.7 Å². The van der Waals surface area contributed by atoms with Crippen LogP contribution in [0.25, 0.3) is 11.3 Å². The number of hydrogen-bond donors (Lipinski definition) is 2. The third-order valence-electron chi connectivity index (χ3n) is 5.72. The fraction of sp³-hybridized carbons (Fsp3) is 0.364. The van der Waals surface area contributed by atoms with Gasteiger partial charge in [0.2, 0.25) is 5.95 Å². The fourth-order valence-corrected chi connectivity index (χ4v) is 4.21. The first-order chi connectivity index (χ1) is 15.7. The van der Waals surface area contributed by atoms with E-state index in [-0.39, 0.29) is 12.5 Å². The molecular weight excluding hydrogens is 430 g/mol. The van der Waals surface area contributed by atoms with Gasteiger partial charge in [-0.2, -0.15) is 5.10 Å². The van der Waals surface area contributed by atoms with Gasteiger partial charge in [0.05, 0.1) is 35.8 Å². The number of morpholine rings is 1. The Morgan fingerprint density at radius 3 is 2.75 bits per heavy atom. The summed E-state index contributed by atoms with van der Waals surface area (Å²) in [6, 6.07) is 7.96. The van der Waals surface area contributed by atoms with Crippen molar-refractivity contribution < 1.29 is 9.53 Å². The SMILES string of the molecule is O=C1COCCN1c1ccc(Nc2ncc(Cl)c(-c3cnn(C4CCNCC4)c3)n2)cc1. The highest BCUT2D eigenvalue weighted by Gasteiger charge is 2.20.